The SMILES string of the molecule is Fc1cc(-c2cnn(-c3ccccn3)n2)ccc1-c1ccccn1. The highest BCUT2D eigenvalue weighted by Gasteiger charge is 2.11. The summed E-state index contributed by atoms with van der Waals surface area (Å²) >= 11 is 0. The highest BCUT2D eigenvalue weighted by molar-refractivity contribution is 5.66. The molecule has 0 aliphatic heterocycles. The summed E-state index contributed by atoms with van der Waals surface area (Å²) in [5.74, 6) is 0.257. The van der Waals surface area contributed by atoms with E-state index in [9.17, 15) is 4.39 Å². The van der Waals surface area contributed by atoms with Gasteiger partial charge in [0.1, 0.15) is 11.5 Å². The highest BCUT2D eigenvalue weighted by atomic mass is 19.1. The predicted octanol–water partition coefficient (Wildman–Crippen LogP) is 3.53. The molecule has 24 heavy (non-hydrogen) atoms. The van der Waals surface area contributed by atoms with Crippen LogP contribution in [0.4, 0.5) is 4.39 Å². The fourth-order valence-corrected chi connectivity index (χ4v) is 2.38. The number of hydrogen-bond acceptors (Lipinski definition) is 4. The second-order valence-electron chi connectivity index (χ2n) is 5.12. The maximum Gasteiger partial charge on any atom is 0.174 e. The number of pyridine rings is 2. The molecular formula is C18H12FN5. The summed E-state index contributed by atoms with van der Waals surface area (Å²) in [7, 11) is 0. The zero-order valence-electron chi connectivity index (χ0n) is 12.5. The highest BCUT2D eigenvalue weighted by Crippen LogP contribution is 2.25. The Labute approximate surface area is 137 Å². The molecule has 0 atom stereocenters. The Balaban J connectivity index is 1.69. The largest absolute Gasteiger partial charge is 0.256 e. The van der Waals surface area contributed by atoms with E-state index in [0.717, 1.165) is 0 Å². The molecule has 0 saturated heterocycles. The van der Waals surface area contributed by atoms with E-state index in [0.29, 0.717) is 28.3 Å². The summed E-state index contributed by atoms with van der Waals surface area (Å²) in [5.41, 5.74) is 2.27. The second kappa shape index (κ2) is 6.00. The van der Waals surface area contributed by atoms with Crippen LogP contribution in [-0.2, 0) is 0 Å². The van der Waals surface area contributed by atoms with Gasteiger partial charge < -0.3 is 0 Å². The zero-order chi connectivity index (χ0) is 16.4. The molecule has 4 rings (SSSR count). The van der Waals surface area contributed by atoms with Crippen molar-refractivity contribution >= 4 is 0 Å². The average Bonchev–Trinajstić information content (AvgIpc) is 3.13. The van der Waals surface area contributed by atoms with E-state index in [4.69, 9.17) is 0 Å². The first-order valence-electron chi connectivity index (χ1n) is 7.36. The van der Waals surface area contributed by atoms with Gasteiger partial charge in [-0.3, -0.25) is 4.98 Å². The van der Waals surface area contributed by atoms with Crippen molar-refractivity contribution in [1.82, 2.24) is 25.0 Å². The van der Waals surface area contributed by atoms with Gasteiger partial charge >= 0.3 is 0 Å². The Morgan fingerprint density at radius 2 is 1.67 bits per heavy atom. The maximum absolute atomic E-state index is 14.4. The van der Waals surface area contributed by atoms with Crippen LogP contribution in [0.3, 0.4) is 0 Å². The van der Waals surface area contributed by atoms with Gasteiger partial charge in [0.25, 0.3) is 0 Å². The molecule has 0 amide bonds. The molecule has 4 aromatic rings. The Hall–Kier alpha value is -3.41. The molecule has 0 aliphatic carbocycles. The molecule has 0 unspecified atom stereocenters. The van der Waals surface area contributed by atoms with E-state index in [1.54, 1.807) is 48.9 Å². The van der Waals surface area contributed by atoms with Crippen LogP contribution in [0.5, 0.6) is 0 Å². The second-order valence-corrected chi connectivity index (χ2v) is 5.12. The van der Waals surface area contributed by atoms with Gasteiger partial charge in [0, 0.05) is 23.5 Å². The molecule has 0 spiro atoms. The van der Waals surface area contributed by atoms with E-state index in [2.05, 4.69) is 20.2 Å². The quantitative estimate of drug-likeness (QED) is 0.580. The molecule has 0 fully saturated rings. The fourth-order valence-electron chi connectivity index (χ4n) is 2.38. The van der Waals surface area contributed by atoms with Crippen molar-refractivity contribution in [2.24, 2.45) is 0 Å². The molecule has 6 heteroatoms. The zero-order valence-corrected chi connectivity index (χ0v) is 12.5. The first-order chi connectivity index (χ1) is 11.8. The van der Waals surface area contributed by atoms with E-state index >= 15 is 0 Å². The molecule has 0 saturated carbocycles. The van der Waals surface area contributed by atoms with Crippen LogP contribution in [-0.4, -0.2) is 25.0 Å². The first kappa shape index (κ1) is 14.2. The normalized spacial score (nSPS) is 10.7. The lowest BCUT2D eigenvalue weighted by molar-refractivity contribution is 0.631. The van der Waals surface area contributed by atoms with Crippen molar-refractivity contribution in [1.29, 1.82) is 0 Å². The van der Waals surface area contributed by atoms with Crippen LogP contribution in [0, 0.1) is 5.82 Å². The van der Waals surface area contributed by atoms with Crippen molar-refractivity contribution in [2.75, 3.05) is 0 Å². The van der Waals surface area contributed by atoms with E-state index in [-0.39, 0.29) is 5.82 Å². The van der Waals surface area contributed by atoms with Gasteiger partial charge in [-0.05, 0) is 36.4 Å². The Kier molecular flexibility index (Phi) is 3.55. The minimum absolute atomic E-state index is 0.349. The van der Waals surface area contributed by atoms with E-state index in [1.165, 1.54) is 10.9 Å². The number of hydrogen-bond donors (Lipinski definition) is 0. The van der Waals surface area contributed by atoms with Gasteiger partial charge in [-0.25, -0.2) is 9.37 Å². The maximum atomic E-state index is 14.4. The third-order valence-electron chi connectivity index (χ3n) is 3.55. The van der Waals surface area contributed by atoms with Gasteiger partial charge in [0.05, 0.1) is 11.9 Å². The van der Waals surface area contributed by atoms with Crippen LogP contribution in [0.2, 0.25) is 0 Å². The van der Waals surface area contributed by atoms with Crippen molar-refractivity contribution in [3.63, 3.8) is 0 Å². The summed E-state index contributed by atoms with van der Waals surface area (Å²) in [6.07, 6.45) is 4.89. The van der Waals surface area contributed by atoms with Crippen molar-refractivity contribution in [3.05, 3.63) is 79.0 Å². The number of halogens is 1. The number of nitrogens with zero attached hydrogens (tertiary/aromatic N) is 5. The standard InChI is InChI=1S/C18H12FN5/c19-15-11-13(7-8-14(15)16-5-1-3-9-20-16)17-12-22-24(23-17)18-6-2-4-10-21-18/h1-12H. The molecule has 0 aliphatic rings. The first-order valence-corrected chi connectivity index (χ1v) is 7.36. The lowest BCUT2D eigenvalue weighted by Crippen LogP contribution is -2.00. The molecule has 3 aromatic heterocycles. The van der Waals surface area contributed by atoms with Gasteiger partial charge in [-0.15, -0.1) is 9.90 Å². The molecule has 0 radical (unpaired) electrons. The lowest BCUT2D eigenvalue weighted by atomic mass is 10.1. The average molecular weight is 317 g/mol. The molecular weight excluding hydrogens is 305 g/mol. The monoisotopic (exact) mass is 317 g/mol. The number of benzene rings is 1. The summed E-state index contributed by atoms with van der Waals surface area (Å²) in [4.78, 5) is 9.78. The predicted molar refractivity (Wildman–Crippen MR) is 87.8 cm³/mol. The summed E-state index contributed by atoms with van der Waals surface area (Å²) in [5, 5.41) is 8.54. The van der Waals surface area contributed by atoms with Gasteiger partial charge in [0.15, 0.2) is 5.82 Å². The Bertz CT molecular complexity index is 967. The van der Waals surface area contributed by atoms with Crippen LogP contribution in [0.15, 0.2) is 73.2 Å². The molecule has 3 heterocycles. The fraction of sp³-hybridized carbons (Fsp3) is 0. The smallest absolute Gasteiger partial charge is 0.174 e. The van der Waals surface area contributed by atoms with Gasteiger partial charge in [-0.1, -0.05) is 18.2 Å². The van der Waals surface area contributed by atoms with Crippen LogP contribution >= 0.6 is 0 Å². The molecule has 1 aromatic carbocycles. The number of rotatable bonds is 3. The van der Waals surface area contributed by atoms with E-state index < -0.39 is 0 Å². The Morgan fingerprint density at radius 3 is 2.38 bits per heavy atom. The molecule has 0 bridgehead atoms. The topological polar surface area (TPSA) is 56.5 Å². The van der Waals surface area contributed by atoms with Crippen LogP contribution in [0.1, 0.15) is 0 Å². The van der Waals surface area contributed by atoms with E-state index in [1.807, 2.05) is 18.2 Å². The third-order valence-corrected chi connectivity index (χ3v) is 3.55. The molecule has 116 valence electrons. The summed E-state index contributed by atoms with van der Waals surface area (Å²) in [6.45, 7) is 0. The molecule has 0 N–H and O–H groups in total. The minimum atomic E-state index is -0.349. The van der Waals surface area contributed by atoms with Crippen LogP contribution in [0.25, 0.3) is 28.3 Å². The van der Waals surface area contributed by atoms with Gasteiger partial charge in [0.2, 0.25) is 0 Å². The summed E-state index contributed by atoms with van der Waals surface area (Å²) < 4.78 is 14.4. The summed E-state index contributed by atoms with van der Waals surface area (Å²) in [6, 6.07) is 15.8. The lowest BCUT2D eigenvalue weighted by Gasteiger charge is -2.04. The van der Waals surface area contributed by atoms with Crippen LogP contribution < -0.4 is 0 Å². The van der Waals surface area contributed by atoms with Crippen molar-refractivity contribution < 1.29 is 4.39 Å². The van der Waals surface area contributed by atoms with Gasteiger partial charge in [-0.2, -0.15) is 5.10 Å². The van der Waals surface area contributed by atoms with Crippen molar-refractivity contribution in [3.8, 4) is 28.3 Å². The third kappa shape index (κ3) is 2.65. The Morgan fingerprint density at radius 1 is 0.833 bits per heavy atom. The number of aromatic nitrogens is 5. The molecule has 5 nitrogen and oxygen atoms in total. The van der Waals surface area contributed by atoms with Crippen molar-refractivity contribution in [2.45, 2.75) is 0 Å². The minimum Gasteiger partial charge on any atom is -0.256 e.